The van der Waals surface area contributed by atoms with Crippen molar-refractivity contribution in [1.82, 2.24) is 4.31 Å². The van der Waals surface area contributed by atoms with Gasteiger partial charge in [0, 0.05) is 19.1 Å². The first-order valence-electron chi connectivity index (χ1n) is 6.73. The molecule has 23 heavy (non-hydrogen) atoms. The van der Waals surface area contributed by atoms with Crippen molar-refractivity contribution in [2.45, 2.75) is 11.8 Å². The van der Waals surface area contributed by atoms with E-state index in [2.05, 4.69) is 0 Å². The highest BCUT2D eigenvalue weighted by Gasteiger charge is 2.21. The largest absolute Gasteiger partial charge is 0.423 e. The average molecular weight is 354 g/mol. The van der Waals surface area contributed by atoms with E-state index < -0.39 is 16.0 Å². The van der Waals surface area contributed by atoms with E-state index in [0.29, 0.717) is 16.3 Å². The van der Waals surface area contributed by atoms with Gasteiger partial charge in [-0.15, -0.1) is 0 Å². The summed E-state index contributed by atoms with van der Waals surface area (Å²) in [5.41, 5.74) is 0.808. The molecule has 0 aliphatic carbocycles. The summed E-state index contributed by atoms with van der Waals surface area (Å²) in [7, 11) is -0.765. The van der Waals surface area contributed by atoms with Gasteiger partial charge >= 0.3 is 5.97 Å². The Balaban J connectivity index is 2.37. The Kier molecular flexibility index (Phi) is 5.09. The van der Waals surface area contributed by atoms with E-state index in [1.165, 1.54) is 32.3 Å². The smallest absolute Gasteiger partial charge is 0.343 e. The van der Waals surface area contributed by atoms with Crippen LogP contribution >= 0.6 is 11.6 Å². The summed E-state index contributed by atoms with van der Waals surface area (Å²) in [6.07, 6.45) is 0. The van der Waals surface area contributed by atoms with Gasteiger partial charge in [-0.1, -0.05) is 23.7 Å². The molecule has 0 saturated carbocycles. The topological polar surface area (TPSA) is 63.7 Å². The standard InChI is InChI=1S/C16H16ClNO4S/c1-11-7-8-14(23(20,21)18(2)3)10-15(11)16(19)22-13-6-4-5-12(17)9-13/h4-10H,1-3H3. The Morgan fingerprint density at radius 2 is 1.83 bits per heavy atom. The molecular formula is C16H16ClNO4S. The van der Waals surface area contributed by atoms with Gasteiger partial charge in [-0.3, -0.25) is 0 Å². The summed E-state index contributed by atoms with van der Waals surface area (Å²) in [5, 5.41) is 0.441. The molecule has 0 spiro atoms. The zero-order valence-corrected chi connectivity index (χ0v) is 14.5. The van der Waals surface area contributed by atoms with Gasteiger partial charge in [0.2, 0.25) is 10.0 Å². The van der Waals surface area contributed by atoms with Crippen molar-refractivity contribution in [2.75, 3.05) is 14.1 Å². The van der Waals surface area contributed by atoms with Crippen LogP contribution in [0.3, 0.4) is 0 Å². The van der Waals surface area contributed by atoms with E-state index >= 15 is 0 Å². The molecule has 0 bridgehead atoms. The average Bonchev–Trinajstić information content (AvgIpc) is 2.47. The van der Waals surface area contributed by atoms with Crippen LogP contribution in [-0.4, -0.2) is 32.8 Å². The molecule has 0 aliphatic rings. The van der Waals surface area contributed by atoms with Crippen molar-refractivity contribution in [3.8, 4) is 5.75 Å². The van der Waals surface area contributed by atoms with Gasteiger partial charge in [0.25, 0.3) is 0 Å². The summed E-state index contributed by atoms with van der Waals surface area (Å²) < 4.78 is 30.7. The third-order valence-electron chi connectivity index (χ3n) is 3.21. The SMILES string of the molecule is Cc1ccc(S(=O)(=O)N(C)C)cc1C(=O)Oc1cccc(Cl)c1. The molecule has 0 N–H and O–H groups in total. The maximum absolute atomic E-state index is 12.3. The molecule has 122 valence electrons. The lowest BCUT2D eigenvalue weighted by atomic mass is 10.1. The number of sulfonamides is 1. The molecule has 0 heterocycles. The van der Waals surface area contributed by atoms with Gasteiger partial charge in [0.05, 0.1) is 10.5 Å². The molecule has 0 amide bonds. The maximum atomic E-state index is 12.3. The minimum Gasteiger partial charge on any atom is -0.423 e. The van der Waals surface area contributed by atoms with Gasteiger partial charge in [-0.05, 0) is 42.8 Å². The summed E-state index contributed by atoms with van der Waals surface area (Å²) >= 11 is 5.85. The molecule has 2 rings (SSSR count). The van der Waals surface area contributed by atoms with Crippen LogP contribution in [0, 0.1) is 6.92 Å². The second-order valence-corrected chi connectivity index (χ2v) is 7.70. The van der Waals surface area contributed by atoms with E-state index in [9.17, 15) is 13.2 Å². The van der Waals surface area contributed by atoms with Gasteiger partial charge in [0.1, 0.15) is 5.75 Å². The number of ether oxygens (including phenoxy) is 1. The Morgan fingerprint density at radius 3 is 2.43 bits per heavy atom. The van der Waals surface area contributed by atoms with Crippen molar-refractivity contribution in [1.29, 1.82) is 0 Å². The molecule has 0 aromatic heterocycles. The van der Waals surface area contributed by atoms with Crippen LogP contribution in [0.15, 0.2) is 47.4 Å². The van der Waals surface area contributed by atoms with Gasteiger partial charge in [-0.2, -0.15) is 0 Å². The molecule has 0 atom stereocenters. The predicted molar refractivity (Wildman–Crippen MR) is 88.5 cm³/mol. The number of hydrogen-bond acceptors (Lipinski definition) is 4. The first-order valence-corrected chi connectivity index (χ1v) is 8.54. The highest BCUT2D eigenvalue weighted by Crippen LogP contribution is 2.22. The van der Waals surface area contributed by atoms with E-state index in [-0.39, 0.29) is 10.5 Å². The zero-order valence-electron chi connectivity index (χ0n) is 12.9. The molecule has 0 saturated heterocycles. The fourth-order valence-corrected chi connectivity index (χ4v) is 2.99. The molecule has 0 aliphatic heterocycles. The van der Waals surface area contributed by atoms with Crippen LogP contribution in [0.25, 0.3) is 0 Å². The molecule has 7 heteroatoms. The number of nitrogens with zero attached hydrogens (tertiary/aromatic N) is 1. The van der Waals surface area contributed by atoms with E-state index in [1.807, 2.05) is 0 Å². The number of carbonyl (C=O) groups excluding carboxylic acids is 1. The normalized spacial score (nSPS) is 11.5. The molecule has 0 fully saturated rings. The molecule has 5 nitrogen and oxygen atoms in total. The third-order valence-corrected chi connectivity index (χ3v) is 5.26. The molecule has 2 aromatic carbocycles. The van der Waals surface area contributed by atoms with Crippen LogP contribution in [0.4, 0.5) is 0 Å². The van der Waals surface area contributed by atoms with Crippen LogP contribution in [0.1, 0.15) is 15.9 Å². The summed E-state index contributed by atoms with van der Waals surface area (Å²) in [6, 6.07) is 10.8. The van der Waals surface area contributed by atoms with Crippen LogP contribution in [-0.2, 0) is 10.0 Å². The van der Waals surface area contributed by atoms with Crippen LogP contribution < -0.4 is 4.74 Å². The lowest BCUT2D eigenvalue weighted by Crippen LogP contribution is -2.23. The van der Waals surface area contributed by atoms with Crippen molar-refractivity contribution < 1.29 is 17.9 Å². The van der Waals surface area contributed by atoms with Crippen LogP contribution in [0.2, 0.25) is 5.02 Å². The van der Waals surface area contributed by atoms with Crippen molar-refractivity contribution in [3.63, 3.8) is 0 Å². The second kappa shape index (κ2) is 6.70. The van der Waals surface area contributed by atoms with E-state index in [4.69, 9.17) is 16.3 Å². The third kappa shape index (κ3) is 3.90. The number of esters is 1. The lowest BCUT2D eigenvalue weighted by Gasteiger charge is -2.13. The second-order valence-electron chi connectivity index (χ2n) is 5.11. The lowest BCUT2D eigenvalue weighted by molar-refractivity contribution is 0.0734. The number of rotatable bonds is 4. The minimum atomic E-state index is -3.62. The molecular weight excluding hydrogens is 338 g/mol. The van der Waals surface area contributed by atoms with Crippen molar-refractivity contribution in [3.05, 3.63) is 58.6 Å². The van der Waals surface area contributed by atoms with Crippen molar-refractivity contribution in [2.24, 2.45) is 0 Å². The Bertz CT molecular complexity index is 847. The van der Waals surface area contributed by atoms with Gasteiger partial charge in [-0.25, -0.2) is 17.5 Å². The Morgan fingerprint density at radius 1 is 1.13 bits per heavy atom. The van der Waals surface area contributed by atoms with Gasteiger partial charge in [0.15, 0.2) is 0 Å². The summed E-state index contributed by atoms with van der Waals surface area (Å²) in [5.74, 6) is -0.344. The first-order chi connectivity index (χ1) is 10.7. The summed E-state index contributed by atoms with van der Waals surface area (Å²) in [6.45, 7) is 1.71. The molecule has 2 aromatic rings. The van der Waals surface area contributed by atoms with E-state index in [0.717, 1.165) is 4.31 Å². The quantitative estimate of drug-likeness (QED) is 0.625. The molecule has 0 unspecified atom stereocenters. The van der Waals surface area contributed by atoms with Crippen molar-refractivity contribution >= 4 is 27.6 Å². The van der Waals surface area contributed by atoms with E-state index in [1.54, 1.807) is 31.2 Å². The first kappa shape index (κ1) is 17.5. The number of halogens is 1. The number of hydrogen-bond donors (Lipinski definition) is 0. The Hall–Kier alpha value is -1.89. The predicted octanol–water partition coefficient (Wildman–Crippen LogP) is 3.12. The monoisotopic (exact) mass is 353 g/mol. The fraction of sp³-hybridized carbons (Fsp3) is 0.188. The minimum absolute atomic E-state index is 0.0335. The fourth-order valence-electron chi connectivity index (χ4n) is 1.88. The van der Waals surface area contributed by atoms with Gasteiger partial charge < -0.3 is 4.74 Å². The highest BCUT2D eigenvalue weighted by atomic mass is 35.5. The Labute approximate surface area is 140 Å². The number of aryl methyl sites for hydroxylation is 1. The maximum Gasteiger partial charge on any atom is 0.343 e. The number of benzene rings is 2. The zero-order chi connectivity index (χ0) is 17.2. The number of carbonyl (C=O) groups is 1. The highest BCUT2D eigenvalue weighted by molar-refractivity contribution is 7.89. The van der Waals surface area contributed by atoms with Crippen LogP contribution in [0.5, 0.6) is 5.75 Å². The summed E-state index contributed by atoms with van der Waals surface area (Å²) in [4.78, 5) is 12.4. The molecule has 0 radical (unpaired) electrons.